The van der Waals surface area contributed by atoms with E-state index in [0.717, 1.165) is 19.3 Å². The van der Waals surface area contributed by atoms with E-state index in [1.54, 1.807) is 0 Å². The van der Waals surface area contributed by atoms with Crippen LogP contribution in [0.15, 0.2) is 72.8 Å². The van der Waals surface area contributed by atoms with E-state index in [4.69, 9.17) is 9.47 Å². The molecule has 0 N–H and O–H groups in total. The molecule has 1 heterocycles. The van der Waals surface area contributed by atoms with Gasteiger partial charge in [0.05, 0.1) is 25.9 Å². The highest BCUT2D eigenvalue weighted by Gasteiger charge is 2.32. The van der Waals surface area contributed by atoms with Crippen LogP contribution in [0.2, 0.25) is 0 Å². The Morgan fingerprint density at radius 3 is 2.48 bits per heavy atom. The molecule has 0 saturated carbocycles. The van der Waals surface area contributed by atoms with Crippen molar-refractivity contribution < 1.29 is 14.3 Å². The molecule has 2 atom stereocenters. The van der Waals surface area contributed by atoms with Crippen LogP contribution in [0.3, 0.4) is 0 Å². The zero-order valence-electron chi connectivity index (χ0n) is 17.2. The minimum absolute atomic E-state index is 0.0136. The highest BCUT2D eigenvalue weighted by Crippen LogP contribution is 2.21. The average molecular weight is 394 g/mol. The monoisotopic (exact) mass is 393 g/mol. The quantitative estimate of drug-likeness (QED) is 0.437. The summed E-state index contributed by atoms with van der Waals surface area (Å²) in [4.78, 5) is 15.0. The van der Waals surface area contributed by atoms with Gasteiger partial charge < -0.3 is 14.4 Å². The van der Waals surface area contributed by atoms with E-state index in [1.165, 1.54) is 11.1 Å². The normalized spacial score (nSPS) is 17.7. The van der Waals surface area contributed by atoms with Gasteiger partial charge in [-0.1, -0.05) is 79.7 Å². The van der Waals surface area contributed by atoms with Crippen LogP contribution >= 0.6 is 0 Å². The predicted molar refractivity (Wildman–Crippen MR) is 115 cm³/mol. The van der Waals surface area contributed by atoms with Gasteiger partial charge in [-0.05, 0) is 30.4 Å². The number of rotatable bonds is 10. The van der Waals surface area contributed by atoms with Crippen molar-refractivity contribution in [3.05, 3.63) is 83.9 Å². The number of carbonyl (C=O) groups excluding carboxylic acids is 1. The SMILES string of the molecule is CC[C@H](C/C=C/COCc1ccccc1)C(=O)N1COC[C@@H]1Cc1ccccc1. The summed E-state index contributed by atoms with van der Waals surface area (Å²) in [5, 5.41) is 0. The fourth-order valence-corrected chi connectivity index (χ4v) is 3.61. The van der Waals surface area contributed by atoms with E-state index in [-0.39, 0.29) is 17.9 Å². The molecule has 0 bridgehead atoms. The van der Waals surface area contributed by atoms with Crippen molar-refractivity contribution in [2.75, 3.05) is 19.9 Å². The predicted octanol–water partition coefficient (Wildman–Crippen LogP) is 4.60. The molecule has 3 rings (SSSR count). The molecule has 2 aromatic rings. The molecule has 2 aromatic carbocycles. The lowest BCUT2D eigenvalue weighted by molar-refractivity contribution is -0.137. The maximum atomic E-state index is 13.1. The van der Waals surface area contributed by atoms with Crippen molar-refractivity contribution in [2.45, 2.75) is 38.8 Å². The fraction of sp³-hybridized carbons (Fsp3) is 0.400. The van der Waals surface area contributed by atoms with Crippen LogP contribution in [-0.2, 0) is 27.3 Å². The van der Waals surface area contributed by atoms with Crippen molar-refractivity contribution in [1.82, 2.24) is 4.90 Å². The third kappa shape index (κ3) is 6.55. The lowest BCUT2D eigenvalue weighted by Crippen LogP contribution is -2.41. The first-order valence-corrected chi connectivity index (χ1v) is 10.5. The second-order valence-corrected chi connectivity index (χ2v) is 7.46. The number of carbonyl (C=O) groups is 1. The number of nitrogens with zero attached hydrogens (tertiary/aromatic N) is 1. The maximum absolute atomic E-state index is 13.1. The van der Waals surface area contributed by atoms with Gasteiger partial charge in [0.1, 0.15) is 6.73 Å². The highest BCUT2D eigenvalue weighted by molar-refractivity contribution is 5.79. The van der Waals surface area contributed by atoms with E-state index in [9.17, 15) is 4.79 Å². The van der Waals surface area contributed by atoms with Crippen molar-refractivity contribution in [2.24, 2.45) is 5.92 Å². The summed E-state index contributed by atoms with van der Waals surface area (Å²) in [6.45, 7) is 4.25. The summed E-state index contributed by atoms with van der Waals surface area (Å²) in [6, 6.07) is 20.6. The summed E-state index contributed by atoms with van der Waals surface area (Å²) in [5.41, 5.74) is 2.41. The van der Waals surface area contributed by atoms with Crippen LogP contribution < -0.4 is 0 Å². The van der Waals surface area contributed by atoms with E-state index < -0.39 is 0 Å². The van der Waals surface area contributed by atoms with Gasteiger partial charge in [-0.25, -0.2) is 0 Å². The van der Waals surface area contributed by atoms with E-state index in [1.807, 2.05) is 47.4 Å². The van der Waals surface area contributed by atoms with Crippen LogP contribution in [0, 0.1) is 5.92 Å². The number of allylic oxidation sites excluding steroid dienone is 1. The summed E-state index contributed by atoms with van der Waals surface area (Å²) < 4.78 is 11.3. The Kier molecular flexibility index (Phi) is 8.47. The Labute approximate surface area is 174 Å². The van der Waals surface area contributed by atoms with Crippen LogP contribution in [0.25, 0.3) is 0 Å². The number of amides is 1. The first-order chi connectivity index (χ1) is 14.3. The van der Waals surface area contributed by atoms with Gasteiger partial charge in [0.15, 0.2) is 0 Å². The maximum Gasteiger partial charge on any atom is 0.228 e. The molecule has 0 radical (unpaired) electrons. The fourth-order valence-electron chi connectivity index (χ4n) is 3.61. The average Bonchev–Trinajstić information content (AvgIpc) is 3.22. The summed E-state index contributed by atoms with van der Waals surface area (Å²) in [6.07, 6.45) is 6.48. The lowest BCUT2D eigenvalue weighted by atomic mass is 9.98. The molecular formula is C25H31NO3. The Balaban J connectivity index is 1.45. The van der Waals surface area contributed by atoms with Gasteiger partial charge in [0.25, 0.3) is 0 Å². The zero-order chi connectivity index (χ0) is 20.3. The standard InChI is InChI=1S/C25H31NO3/c1-2-23(15-9-10-16-28-18-22-13-7-4-8-14-22)25(27)26-20-29-19-24(26)17-21-11-5-3-6-12-21/h3-14,23-24H,2,15-20H2,1H3/b10-9+/t23-,24+/m1/s1. The minimum Gasteiger partial charge on any atom is -0.373 e. The molecule has 29 heavy (non-hydrogen) atoms. The third-order valence-corrected chi connectivity index (χ3v) is 5.33. The Bertz CT molecular complexity index is 760. The Hall–Kier alpha value is -2.43. The minimum atomic E-state index is -0.0136. The van der Waals surface area contributed by atoms with Gasteiger partial charge >= 0.3 is 0 Å². The van der Waals surface area contributed by atoms with Crippen molar-refractivity contribution in [1.29, 1.82) is 0 Å². The molecule has 1 aliphatic heterocycles. The summed E-state index contributed by atoms with van der Waals surface area (Å²) in [7, 11) is 0. The first-order valence-electron chi connectivity index (χ1n) is 10.5. The van der Waals surface area contributed by atoms with E-state index in [0.29, 0.717) is 26.6 Å². The molecule has 1 saturated heterocycles. The number of ether oxygens (including phenoxy) is 2. The van der Waals surface area contributed by atoms with Crippen molar-refractivity contribution in [3.63, 3.8) is 0 Å². The van der Waals surface area contributed by atoms with Gasteiger partial charge in [0.2, 0.25) is 5.91 Å². The lowest BCUT2D eigenvalue weighted by Gasteiger charge is -2.26. The van der Waals surface area contributed by atoms with Crippen LogP contribution in [-0.4, -0.2) is 36.8 Å². The van der Waals surface area contributed by atoms with Crippen LogP contribution in [0.4, 0.5) is 0 Å². The molecule has 1 amide bonds. The van der Waals surface area contributed by atoms with Gasteiger partial charge in [-0.3, -0.25) is 4.79 Å². The number of benzene rings is 2. The van der Waals surface area contributed by atoms with Crippen LogP contribution in [0.1, 0.15) is 30.9 Å². The molecule has 0 aliphatic carbocycles. The molecule has 4 heteroatoms. The molecule has 0 spiro atoms. The van der Waals surface area contributed by atoms with Crippen molar-refractivity contribution in [3.8, 4) is 0 Å². The third-order valence-electron chi connectivity index (χ3n) is 5.33. The topological polar surface area (TPSA) is 38.8 Å². The molecular weight excluding hydrogens is 362 g/mol. The van der Waals surface area contributed by atoms with E-state index in [2.05, 4.69) is 37.3 Å². The first kappa shape index (κ1) is 21.3. The van der Waals surface area contributed by atoms with Gasteiger partial charge in [0, 0.05) is 5.92 Å². The summed E-state index contributed by atoms with van der Waals surface area (Å²) in [5.74, 6) is 0.182. The Morgan fingerprint density at radius 2 is 1.79 bits per heavy atom. The van der Waals surface area contributed by atoms with E-state index >= 15 is 0 Å². The molecule has 0 aromatic heterocycles. The molecule has 1 aliphatic rings. The van der Waals surface area contributed by atoms with Gasteiger partial charge in [-0.2, -0.15) is 0 Å². The molecule has 1 fully saturated rings. The van der Waals surface area contributed by atoms with Crippen molar-refractivity contribution >= 4 is 5.91 Å². The second kappa shape index (κ2) is 11.5. The number of hydrogen-bond acceptors (Lipinski definition) is 3. The smallest absolute Gasteiger partial charge is 0.228 e. The molecule has 0 unspecified atom stereocenters. The molecule has 4 nitrogen and oxygen atoms in total. The second-order valence-electron chi connectivity index (χ2n) is 7.46. The summed E-state index contributed by atoms with van der Waals surface area (Å²) >= 11 is 0. The van der Waals surface area contributed by atoms with Crippen LogP contribution in [0.5, 0.6) is 0 Å². The van der Waals surface area contributed by atoms with Gasteiger partial charge in [-0.15, -0.1) is 0 Å². The molecule has 154 valence electrons. The number of hydrogen-bond donors (Lipinski definition) is 0. The highest BCUT2D eigenvalue weighted by atomic mass is 16.5. The zero-order valence-corrected chi connectivity index (χ0v) is 17.2. The Morgan fingerprint density at radius 1 is 1.10 bits per heavy atom. The largest absolute Gasteiger partial charge is 0.373 e.